The predicted molar refractivity (Wildman–Crippen MR) is 90.6 cm³/mol. The van der Waals surface area contributed by atoms with Crippen LogP contribution < -0.4 is 0 Å². The van der Waals surface area contributed by atoms with Crippen molar-refractivity contribution >= 4 is 16.6 Å². The molecule has 23 heavy (non-hydrogen) atoms. The lowest BCUT2D eigenvalue weighted by Crippen LogP contribution is -1.97. The molecular weight excluding hydrogens is 288 g/mol. The monoisotopic (exact) mass is 304 g/mol. The molecule has 2 aromatic carbocycles. The molecule has 0 unspecified atom stereocenters. The molecule has 0 aliphatic heterocycles. The zero-order valence-electron chi connectivity index (χ0n) is 12.9. The molecule has 1 aromatic heterocycles. The van der Waals surface area contributed by atoms with Gasteiger partial charge in [0.2, 0.25) is 0 Å². The van der Waals surface area contributed by atoms with E-state index in [1.807, 2.05) is 31.2 Å². The first kappa shape index (κ1) is 13.9. The third kappa shape index (κ3) is 2.18. The number of hydrogen-bond donors (Lipinski definition) is 0. The first-order valence-corrected chi connectivity index (χ1v) is 7.80. The largest absolute Gasteiger partial charge is 0.295 e. The number of rotatable bonds is 2. The van der Waals surface area contributed by atoms with Crippen LogP contribution in [-0.2, 0) is 12.8 Å². The van der Waals surface area contributed by atoms with E-state index in [0.717, 1.165) is 41.3 Å². The molecule has 0 amide bonds. The van der Waals surface area contributed by atoms with Crippen LogP contribution in [0, 0.1) is 17.0 Å². The van der Waals surface area contributed by atoms with Gasteiger partial charge in [-0.3, -0.25) is 10.1 Å². The first-order chi connectivity index (χ1) is 11.1. The molecule has 0 saturated carbocycles. The van der Waals surface area contributed by atoms with Gasteiger partial charge in [0.1, 0.15) is 6.20 Å². The average molecular weight is 304 g/mol. The highest BCUT2D eigenvalue weighted by molar-refractivity contribution is 6.00. The van der Waals surface area contributed by atoms with E-state index in [4.69, 9.17) is 0 Å². The smallest absolute Gasteiger partial charge is 0.258 e. The van der Waals surface area contributed by atoms with Gasteiger partial charge in [-0.15, -0.1) is 0 Å². The van der Waals surface area contributed by atoms with Crippen molar-refractivity contribution in [3.8, 4) is 11.1 Å². The normalized spacial score (nSPS) is 13.3. The summed E-state index contributed by atoms with van der Waals surface area (Å²) >= 11 is 0. The number of aromatic nitrogens is 1. The minimum Gasteiger partial charge on any atom is -0.258 e. The predicted octanol–water partition coefficient (Wildman–Crippen LogP) is 4.61. The van der Waals surface area contributed by atoms with Crippen LogP contribution in [0.15, 0.2) is 42.6 Å². The van der Waals surface area contributed by atoms with Gasteiger partial charge in [-0.05, 0) is 60.6 Å². The molecule has 0 saturated heterocycles. The second-order valence-corrected chi connectivity index (χ2v) is 6.08. The molecule has 114 valence electrons. The summed E-state index contributed by atoms with van der Waals surface area (Å²) in [6.45, 7) is 1.98. The fourth-order valence-corrected chi connectivity index (χ4v) is 3.53. The molecule has 1 aliphatic rings. The topological polar surface area (TPSA) is 56.0 Å². The standard InChI is InChI=1S/C19H16N2O2/c1-12-5-2-3-8-15(12)19-16-9-13-6-4-7-14(13)10-17(16)20-11-18(19)21(22)23/h2-3,5,8-11H,4,6-7H2,1H3. The highest BCUT2D eigenvalue weighted by atomic mass is 16.6. The Morgan fingerprint density at radius 1 is 1.13 bits per heavy atom. The van der Waals surface area contributed by atoms with Crippen molar-refractivity contribution in [2.24, 2.45) is 0 Å². The van der Waals surface area contributed by atoms with Crippen LogP contribution in [0.25, 0.3) is 22.0 Å². The van der Waals surface area contributed by atoms with Crippen LogP contribution in [0.4, 0.5) is 5.69 Å². The molecule has 0 fully saturated rings. The third-order valence-electron chi connectivity index (χ3n) is 4.67. The lowest BCUT2D eigenvalue weighted by molar-refractivity contribution is -0.384. The Hall–Kier alpha value is -2.75. The maximum absolute atomic E-state index is 11.5. The van der Waals surface area contributed by atoms with Crippen molar-refractivity contribution < 1.29 is 4.92 Å². The highest BCUT2D eigenvalue weighted by Crippen LogP contribution is 2.39. The van der Waals surface area contributed by atoms with Crippen LogP contribution >= 0.6 is 0 Å². The number of pyridine rings is 1. The summed E-state index contributed by atoms with van der Waals surface area (Å²) in [7, 11) is 0. The molecule has 1 heterocycles. The molecule has 1 aliphatic carbocycles. The van der Waals surface area contributed by atoms with Gasteiger partial charge in [0.05, 0.1) is 16.0 Å². The molecule has 0 atom stereocenters. The molecule has 0 bridgehead atoms. The summed E-state index contributed by atoms with van der Waals surface area (Å²) in [4.78, 5) is 15.6. The summed E-state index contributed by atoms with van der Waals surface area (Å²) in [6, 6.07) is 12.0. The maximum Gasteiger partial charge on any atom is 0.295 e. The van der Waals surface area contributed by atoms with E-state index in [0.29, 0.717) is 5.56 Å². The second kappa shape index (κ2) is 5.16. The van der Waals surface area contributed by atoms with Gasteiger partial charge in [0.25, 0.3) is 5.69 Å². The van der Waals surface area contributed by atoms with Gasteiger partial charge >= 0.3 is 0 Å². The van der Waals surface area contributed by atoms with E-state index in [2.05, 4.69) is 17.1 Å². The van der Waals surface area contributed by atoms with Gasteiger partial charge in [-0.25, -0.2) is 4.98 Å². The summed E-state index contributed by atoms with van der Waals surface area (Å²) < 4.78 is 0. The number of nitrogens with zero attached hydrogens (tertiary/aromatic N) is 2. The Morgan fingerprint density at radius 3 is 2.61 bits per heavy atom. The minimum absolute atomic E-state index is 0.0738. The summed E-state index contributed by atoms with van der Waals surface area (Å²) in [5.74, 6) is 0. The number of aryl methyl sites for hydroxylation is 3. The SMILES string of the molecule is Cc1ccccc1-c1c([N+](=O)[O-])cnc2cc3c(cc12)CCC3. The minimum atomic E-state index is -0.332. The average Bonchev–Trinajstić information content (AvgIpc) is 2.99. The zero-order valence-corrected chi connectivity index (χ0v) is 12.9. The third-order valence-corrected chi connectivity index (χ3v) is 4.67. The number of nitro groups is 1. The van der Waals surface area contributed by atoms with Crippen molar-refractivity contribution in [2.45, 2.75) is 26.2 Å². The van der Waals surface area contributed by atoms with Gasteiger partial charge in [0.15, 0.2) is 0 Å². The van der Waals surface area contributed by atoms with Crippen molar-refractivity contribution in [3.05, 3.63) is 69.4 Å². The van der Waals surface area contributed by atoms with Gasteiger partial charge < -0.3 is 0 Å². The molecule has 3 aromatic rings. The zero-order chi connectivity index (χ0) is 16.0. The summed E-state index contributed by atoms with van der Waals surface area (Å²) in [5, 5.41) is 12.4. The van der Waals surface area contributed by atoms with Crippen molar-refractivity contribution in [1.82, 2.24) is 4.98 Å². The Balaban J connectivity index is 2.12. The first-order valence-electron chi connectivity index (χ1n) is 7.80. The maximum atomic E-state index is 11.5. The lowest BCUT2D eigenvalue weighted by Gasteiger charge is -2.11. The van der Waals surface area contributed by atoms with Crippen LogP contribution in [0.3, 0.4) is 0 Å². The fraction of sp³-hybridized carbons (Fsp3) is 0.211. The summed E-state index contributed by atoms with van der Waals surface area (Å²) in [5.41, 5.74) is 6.17. The van der Waals surface area contributed by atoms with Crippen LogP contribution in [0.1, 0.15) is 23.1 Å². The van der Waals surface area contributed by atoms with E-state index in [1.54, 1.807) is 0 Å². The van der Waals surface area contributed by atoms with E-state index < -0.39 is 0 Å². The number of benzene rings is 2. The second-order valence-electron chi connectivity index (χ2n) is 6.08. The Morgan fingerprint density at radius 2 is 1.87 bits per heavy atom. The Kier molecular flexibility index (Phi) is 3.11. The van der Waals surface area contributed by atoms with Gasteiger partial charge in [-0.1, -0.05) is 24.3 Å². The highest BCUT2D eigenvalue weighted by Gasteiger charge is 2.22. The Labute approximate surface area is 133 Å². The molecule has 0 radical (unpaired) electrons. The molecule has 4 rings (SSSR count). The van der Waals surface area contributed by atoms with Crippen LogP contribution in [0.5, 0.6) is 0 Å². The molecular formula is C19H16N2O2. The van der Waals surface area contributed by atoms with Crippen molar-refractivity contribution in [3.63, 3.8) is 0 Å². The molecule has 4 nitrogen and oxygen atoms in total. The van der Waals surface area contributed by atoms with Crippen molar-refractivity contribution in [2.75, 3.05) is 0 Å². The van der Waals surface area contributed by atoms with E-state index in [-0.39, 0.29) is 10.6 Å². The summed E-state index contributed by atoms with van der Waals surface area (Å²) in [6.07, 6.45) is 4.66. The fourth-order valence-electron chi connectivity index (χ4n) is 3.53. The van der Waals surface area contributed by atoms with E-state index in [9.17, 15) is 10.1 Å². The van der Waals surface area contributed by atoms with Crippen LogP contribution in [-0.4, -0.2) is 9.91 Å². The van der Waals surface area contributed by atoms with E-state index in [1.165, 1.54) is 17.3 Å². The Bertz CT molecular complexity index is 947. The van der Waals surface area contributed by atoms with E-state index >= 15 is 0 Å². The molecule has 0 N–H and O–H groups in total. The van der Waals surface area contributed by atoms with Gasteiger partial charge in [-0.2, -0.15) is 0 Å². The van der Waals surface area contributed by atoms with Crippen molar-refractivity contribution in [1.29, 1.82) is 0 Å². The molecule has 4 heteroatoms. The quantitative estimate of drug-likeness (QED) is 0.513. The van der Waals surface area contributed by atoms with Gasteiger partial charge in [0, 0.05) is 5.39 Å². The lowest BCUT2D eigenvalue weighted by atomic mass is 9.94. The molecule has 0 spiro atoms. The van der Waals surface area contributed by atoms with Crippen LogP contribution in [0.2, 0.25) is 0 Å². The number of fused-ring (bicyclic) bond motifs is 2. The number of hydrogen-bond acceptors (Lipinski definition) is 3.